The van der Waals surface area contributed by atoms with Crippen molar-refractivity contribution >= 4 is 28.1 Å². The third-order valence-electron chi connectivity index (χ3n) is 3.28. The number of nitrogens with one attached hydrogen (secondary N) is 2. The highest BCUT2D eigenvalue weighted by molar-refractivity contribution is 5.84. The Hall–Kier alpha value is -3.09. The predicted molar refractivity (Wildman–Crippen MR) is 78.9 cm³/mol. The zero-order valence-corrected chi connectivity index (χ0v) is 11.1. The molecule has 0 aliphatic heterocycles. The normalized spacial score (nSPS) is 11.5. The van der Waals surface area contributed by atoms with Gasteiger partial charge in [0.1, 0.15) is 5.58 Å². The van der Waals surface area contributed by atoms with E-state index in [0.717, 1.165) is 16.5 Å². The van der Waals surface area contributed by atoms with Gasteiger partial charge in [0.15, 0.2) is 22.7 Å². The number of aryl methyl sites for hydroxylation is 1. The molecule has 21 heavy (non-hydrogen) atoms. The highest BCUT2D eigenvalue weighted by atomic mass is 16.3. The molecule has 0 aliphatic carbocycles. The number of aromatic nitrogens is 4. The number of fused-ring (bicyclic) bond motifs is 2. The number of nitrogens with zero attached hydrogens (tertiary/aromatic N) is 2. The molecule has 0 atom stereocenters. The third-order valence-corrected chi connectivity index (χ3v) is 3.28. The Morgan fingerprint density at radius 3 is 2.90 bits per heavy atom. The summed E-state index contributed by atoms with van der Waals surface area (Å²) in [6.45, 7) is 2.01. The number of aromatic amines is 2. The minimum atomic E-state index is -0.358. The lowest BCUT2D eigenvalue weighted by atomic mass is 10.2. The minimum absolute atomic E-state index is 0.0331. The first-order chi connectivity index (χ1) is 10.1. The quantitative estimate of drug-likeness (QED) is 0.493. The second-order valence-corrected chi connectivity index (χ2v) is 4.89. The van der Waals surface area contributed by atoms with Crippen LogP contribution in [0.25, 0.3) is 33.7 Å². The molecule has 4 N–H and O–H groups in total. The number of anilines is 1. The smallest absolute Gasteiger partial charge is 0.278 e. The van der Waals surface area contributed by atoms with Crippen LogP contribution in [-0.4, -0.2) is 19.9 Å². The van der Waals surface area contributed by atoms with Gasteiger partial charge in [0.2, 0.25) is 5.95 Å². The van der Waals surface area contributed by atoms with Crippen molar-refractivity contribution in [3.63, 3.8) is 0 Å². The number of hydrogen-bond acceptors (Lipinski definition) is 5. The second kappa shape index (κ2) is 3.95. The van der Waals surface area contributed by atoms with Crippen LogP contribution < -0.4 is 11.3 Å². The zero-order valence-electron chi connectivity index (χ0n) is 11.1. The molecule has 0 unspecified atom stereocenters. The van der Waals surface area contributed by atoms with E-state index in [9.17, 15) is 4.79 Å². The van der Waals surface area contributed by atoms with E-state index in [4.69, 9.17) is 10.2 Å². The molecule has 7 nitrogen and oxygen atoms in total. The molecule has 0 saturated heterocycles. The van der Waals surface area contributed by atoms with Gasteiger partial charge in [-0.25, -0.2) is 4.98 Å². The van der Waals surface area contributed by atoms with E-state index in [1.54, 1.807) is 0 Å². The fourth-order valence-corrected chi connectivity index (χ4v) is 2.32. The highest BCUT2D eigenvalue weighted by Gasteiger charge is 2.13. The van der Waals surface area contributed by atoms with Crippen molar-refractivity contribution in [2.75, 3.05) is 5.73 Å². The molecular formula is C14H11N5O2. The molecule has 7 heteroatoms. The van der Waals surface area contributed by atoms with Crippen LogP contribution in [0, 0.1) is 6.92 Å². The number of imidazole rings is 1. The first-order valence-corrected chi connectivity index (χ1v) is 6.36. The first-order valence-electron chi connectivity index (χ1n) is 6.36. The Kier molecular flexibility index (Phi) is 2.20. The number of nitrogens with two attached hydrogens (primary N) is 1. The summed E-state index contributed by atoms with van der Waals surface area (Å²) in [5, 5.41) is 0.979. The standard InChI is InChI=1S/C14H11N5O2/c1-6-2-3-8-7(4-6)5-9(21-8)11-16-10-12(17-11)18-14(15)19-13(10)20/h2-5H,1H3,(H4,15,16,17,18,19,20). The molecule has 104 valence electrons. The van der Waals surface area contributed by atoms with Crippen LogP contribution in [0.3, 0.4) is 0 Å². The van der Waals surface area contributed by atoms with Crippen molar-refractivity contribution in [3.05, 3.63) is 40.2 Å². The fourth-order valence-electron chi connectivity index (χ4n) is 2.32. The molecular weight excluding hydrogens is 270 g/mol. The fraction of sp³-hybridized carbons (Fsp3) is 0.0714. The Morgan fingerprint density at radius 1 is 1.19 bits per heavy atom. The van der Waals surface area contributed by atoms with Gasteiger partial charge in [-0.15, -0.1) is 0 Å². The lowest BCUT2D eigenvalue weighted by molar-refractivity contribution is 0.626. The van der Waals surface area contributed by atoms with Crippen molar-refractivity contribution in [2.45, 2.75) is 6.92 Å². The molecule has 0 radical (unpaired) electrons. The van der Waals surface area contributed by atoms with Crippen molar-refractivity contribution in [2.24, 2.45) is 0 Å². The Balaban J connectivity index is 1.95. The van der Waals surface area contributed by atoms with E-state index >= 15 is 0 Å². The van der Waals surface area contributed by atoms with Crippen molar-refractivity contribution < 1.29 is 4.42 Å². The molecule has 0 fully saturated rings. The maximum atomic E-state index is 11.8. The maximum absolute atomic E-state index is 11.8. The lowest BCUT2D eigenvalue weighted by Gasteiger charge is -1.89. The molecule has 0 bridgehead atoms. The Labute approximate surface area is 117 Å². The summed E-state index contributed by atoms with van der Waals surface area (Å²) < 4.78 is 5.74. The van der Waals surface area contributed by atoms with E-state index in [1.807, 2.05) is 31.2 Å². The largest absolute Gasteiger partial charge is 0.453 e. The molecule has 0 spiro atoms. The van der Waals surface area contributed by atoms with Gasteiger partial charge < -0.3 is 15.1 Å². The summed E-state index contributed by atoms with van der Waals surface area (Å²) in [5.74, 6) is 1.03. The van der Waals surface area contributed by atoms with E-state index in [0.29, 0.717) is 11.6 Å². The average molecular weight is 281 g/mol. The summed E-state index contributed by atoms with van der Waals surface area (Å²) in [5.41, 5.74) is 7.59. The third kappa shape index (κ3) is 1.78. The molecule has 0 saturated carbocycles. The summed E-state index contributed by atoms with van der Waals surface area (Å²) in [6.07, 6.45) is 0. The summed E-state index contributed by atoms with van der Waals surface area (Å²) in [6, 6.07) is 7.77. The molecule has 3 aromatic heterocycles. The minimum Gasteiger partial charge on any atom is -0.453 e. The van der Waals surface area contributed by atoms with Crippen molar-refractivity contribution in [1.29, 1.82) is 0 Å². The number of benzene rings is 1. The Morgan fingerprint density at radius 2 is 2.05 bits per heavy atom. The van der Waals surface area contributed by atoms with E-state index in [-0.39, 0.29) is 22.7 Å². The van der Waals surface area contributed by atoms with E-state index in [2.05, 4.69) is 19.9 Å². The number of furan rings is 1. The molecule has 0 amide bonds. The average Bonchev–Trinajstić information content (AvgIpc) is 3.01. The van der Waals surface area contributed by atoms with Crippen LogP contribution in [0.1, 0.15) is 5.56 Å². The maximum Gasteiger partial charge on any atom is 0.278 e. The number of rotatable bonds is 1. The van der Waals surface area contributed by atoms with Gasteiger partial charge in [-0.2, -0.15) is 4.98 Å². The second-order valence-electron chi connectivity index (χ2n) is 4.89. The summed E-state index contributed by atoms with van der Waals surface area (Å²) in [4.78, 5) is 25.4. The van der Waals surface area contributed by atoms with Crippen molar-refractivity contribution in [1.82, 2.24) is 19.9 Å². The molecule has 4 aromatic rings. The number of hydrogen-bond donors (Lipinski definition) is 3. The molecule has 0 aliphatic rings. The van der Waals surface area contributed by atoms with Crippen molar-refractivity contribution in [3.8, 4) is 11.6 Å². The SMILES string of the molecule is Cc1ccc2oc(-c3nc4nc(N)[nH]c(=O)c4[nH]3)cc2c1. The topological polar surface area (TPSA) is 114 Å². The summed E-state index contributed by atoms with van der Waals surface area (Å²) >= 11 is 0. The first kappa shape index (κ1) is 11.7. The zero-order chi connectivity index (χ0) is 14.6. The van der Waals surface area contributed by atoms with Gasteiger partial charge in [0.05, 0.1) is 0 Å². The van der Waals surface area contributed by atoms with Crippen LogP contribution in [0.5, 0.6) is 0 Å². The van der Waals surface area contributed by atoms with E-state index in [1.165, 1.54) is 0 Å². The van der Waals surface area contributed by atoms with Gasteiger partial charge in [-0.05, 0) is 25.1 Å². The Bertz CT molecular complexity index is 1040. The highest BCUT2D eigenvalue weighted by Crippen LogP contribution is 2.27. The monoisotopic (exact) mass is 281 g/mol. The molecule has 1 aromatic carbocycles. The molecule has 3 heterocycles. The number of nitrogen functional groups attached to an aromatic ring is 1. The van der Waals surface area contributed by atoms with Gasteiger partial charge in [0, 0.05) is 5.39 Å². The summed E-state index contributed by atoms with van der Waals surface area (Å²) in [7, 11) is 0. The van der Waals surface area contributed by atoms with Crippen LogP contribution in [0.2, 0.25) is 0 Å². The van der Waals surface area contributed by atoms with Crippen LogP contribution in [0.15, 0.2) is 33.5 Å². The van der Waals surface area contributed by atoms with Gasteiger partial charge in [0.25, 0.3) is 5.56 Å². The van der Waals surface area contributed by atoms with Crippen LogP contribution >= 0.6 is 0 Å². The van der Waals surface area contributed by atoms with Crippen LogP contribution in [-0.2, 0) is 0 Å². The van der Waals surface area contributed by atoms with Gasteiger partial charge in [-0.3, -0.25) is 9.78 Å². The van der Waals surface area contributed by atoms with E-state index < -0.39 is 0 Å². The number of H-pyrrole nitrogens is 2. The molecule has 4 rings (SSSR count). The predicted octanol–water partition coefficient (Wildman–Crippen LogP) is 1.95. The van der Waals surface area contributed by atoms with Gasteiger partial charge in [-0.1, -0.05) is 11.6 Å². The van der Waals surface area contributed by atoms with Gasteiger partial charge >= 0.3 is 0 Å². The lowest BCUT2D eigenvalue weighted by Crippen LogP contribution is -2.10. The van der Waals surface area contributed by atoms with Crippen LogP contribution in [0.4, 0.5) is 5.95 Å².